The van der Waals surface area contributed by atoms with Crippen molar-refractivity contribution in [3.63, 3.8) is 0 Å². The van der Waals surface area contributed by atoms with Crippen LogP contribution in [0, 0.1) is 0 Å². The molecule has 2 heterocycles. The van der Waals surface area contributed by atoms with Crippen molar-refractivity contribution >= 4 is 17.4 Å². The van der Waals surface area contributed by atoms with E-state index in [9.17, 15) is 4.79 Å². The molecule has 0 unspecified atom stereocenters. The van der Waals surface area contributed by atoms with Crippen molar-refractivity contribution in [1.29, 1.82) is 0 Å². The third-order valence-electron chi connectivity index (χ3n) is 1.46. The molecule has 1 aromatic heterocycles. The molecule has 0 aromatic carbocycles. The van der Waals surface area contributed by atoms with E-state index in [1.165, 1.54) is 6.20 Å². The molecular weight excluding hydrogens is 166 g/mol. The van der Waals surface area contributed by atoms with Crippen LogP contribution in [0.2, 0.25) is 5.02 Å². The maximum atomic E-state index is 11.0. The van der Waals surface area contributed by atoms with Gasteiger partial charge in [-0.1, -0.05) is 11.6 Å². The number of aromatic nitrogens is 1. The van der Waals surface area contributed by atoms with Crippen LogP contribution in [0.4, 0.5) is 0 Å². The lowest BCUT2D eigenvalue weighted by atomic mass is 10.2. The second kappa shape index (κ2) is 2.20. The highest BCUT2D eigenvalue weighted by atomic mass is 35.5. The molecule has 0 aliphatic carbocycles. The maximum absolute atomic E-state index is 11.0. The Balaban J connectivity index is 2.60. The summed E-state index contributed by atoms with van der Waals surface area (Å²) >= 11 is 5.62. The highest BCUT2D eigenvalue weighted by molar-refractivity contribution is 6.31. The van der Waals surface area contributed by atoms with E-state index in [-0.39, 0.29) is 12.4 Å². The molecule has 0 atom stereocenters. The Bertz CT molecular complexity index is 324. The van der Waals surface area contributed by atoms with Gasteiger partial charge in [-0.05, 0) is 6.07 Å². The van der Waals surface area contributed by atoms with E-state index < -0.39 is 0 Å². The number of halogens is 1. The molecule has 1 aliphatic heterocycles. The van der Waals surface area contributed by atoms with E-state index in [2.05, 4.69) is 4.98 Å². The average Bonchev–Trinajstić information content (AvgIpc) is 2.33. The number of pyridine rings is 1. The minimum absolute atomic E-state index is 0.0602. The van der Waals surface area contributed by atoms with E-state index in [1.54, 1.807) is 6.07 Å². The normalized spacial score (nSPS) is 14.5. The standard InChI is InChI=1S/C7H4ClNO2/c8-4-1-5-6(10)3-11-7(5)9-2-4/h1-2H,3H2. The van der Waals surface area contributed by atoms with Gasteiger partial charge in [-0.25, -0.2) is 4.98 Å². The zero-order valence-electron chi connectivity index (χ0n) is 5.50. The number of ketones is 1. The van der Waals surface area contributed by atoms with Crippen molar-refractivity contribution < 1.29 is 9.53 Å². The minimum atomic E-state index is -0.0602. The van der Waals surface area contributed by atoms with Crippen LogP contribution in [0.5, 0.6) is 5.88 Å². The van der Waals surface area contributed by atoms with Gasteiger partial charge in [0, 0.05) is 6.20 Å². The van der Waals surface area contributed by atoms with Gasteiger partial charge in [-0.2, -0.15) is 0 Å². The van der Waals surface area contributed by atoms with Gasteiger partial charge in [0.05, 0.1) is 10.6 Å². The lowest BCUT2D eigenvalue weighted by Crippen LogP contribution is -1.98. The van der Waals surface area contributed by atoms with E-state index in [0.29, 0.717) is 16.5 Å². The number of hydrogen-bond acceptors (Lipinski definition) is 3. The van der Waals surface area contributed by atoms with Crippen LogP contribution >= 0.6 is 11.6 Å². The summed E-state index contributed by atoms with van der Waals surface area (Å²) in [6, 6.07) is 1.57. The van der Waals surface area contributed by atoms with Crippen molar-refractivity contribution in [2.45, 2.75) is 0 Å². The summed E-state index contributed by atoms with van der Waals surface area (Å²) in [7, 11) is 0. The lowest BCUT2D eigenvalue weighted by Gasteiger charge is -1.93. The highest BCUT2D eigenvalue weighted by Crippen LogP contribution is 2.24. The molecule has 0 fully saturated rings. The molecule has 1 aliphatic rings. The Morgan fingerprint density at radius 1 is 1.64 bits per heavy atom. The third kappa shape index (κ3) is 0.973. The predicted molar refractivity (Wildman–Crippen MR) is 39.1 cm³/mol. The Morgan fingerprint density at radius 2 is 2.45 bits per heavy atom. The van der Waals surface area contributed by atoms with E-state index >= 15 is 0 Å². The number of Topliss-reactive ketones (excluding diaryl/α,β-unsaturated/α-hetero) is 1. The zero-order valence-corrected chi connectivity index (χ0v) is 6.26. The number of ether oxygens (including phenoxy) is 1. The topological polar surface area (TPSA) is 39.2 Å². The van der Waals surface area contributed by atoms with Gasteiger partial charge in [-0.3, -0.25) is 4.79 Å². The second-order valence-corrected chi connectivity index (χ2v) is 2.65. The highest BCUT2D eigenvalue weighted by Gasteiger charge is 2.22. The number of hydrogen-bond donors (Lipinski definition) is 0. The molecule has 1 aromatic rings. The van der Waals surface area contributed by atoms with E-state index in [4.69, 9.17) is 16.3 Å². The molecule has 11 heavy (non-hydrogen) atoms. The Labute approximate surface area is 68.0 Å². The summed E-state index contributed by atoms with van der Waals surface area (Å²) < 4.78 is 4.95. The first kappa shape index (κ1) is 6.61. The molecule has 4 heteroatoms. The van der Waals surface area contributed by atoms with Crippen LogP contribution < -0.4 is 4.74 Å². The quantitative estimate of drug-likeness (QED) is 0.588. The summed E-state index contributed by atoms with van der Waals surface area (Å²) in [6.07, 6.45) is 1.46. The lowest BCUT2D eigenvalue weighted by molar-refractivity contribution is 0.0960. The molecule has 0 amide bonds. The van der Waals surface area contributed by atoms with Gasteiger partial charge < -0.3 is 4.74 Å². The zero-order chi connectivity index (χ0) is 7.84. The number of fused-ring (bicyclic) bond motifs is 1. The van der Waals surface area contributed by atoms with Gasteiger partial charge in [0.15, 0.2) is 6.61 Å². The fraction of sp³-hybridized carbons (Fsp3) is 0.143. The van der Waals surface area contributed by atoms with Gasteiger partial charge in [0.2, 0.25) is 11.7 Å². The fourth-order valence-electron chi connectivity index (χ4n) is 0.953. The van der Waals surface area contributed by atoms with Gasteiger partial charge >= 0.3 is 0 Å². The minimum Gasteiger partial charge on any atom is -0.469 e. The predicted octanol–water partition coefficient (Wildman–Crippen LogP) is 1.31. The number of nitrogens with zero attached hydrogens (tertiary/aromatic N) is 1. The molecule has 0 bridgehead atoms. The Hall–Kier alpha value is -1.09. The number of carbonyl (C=O) groups excluding carboxylic acids is 1. The van der Waals surface area contributed by atoms with Crippen LogP contribution in [0.15, 0.2) is 12.3 Å². The summed E-state index contributed by atoms with van der Waals surface area (Å²) in [6.45, 7) is 0.0860. The molecule has 0 saturated carbocycles. The summed E-state index contributed by atoms with van der Waals surface area (Å²) in [5.74, 6) is 0.328. The van der Waals surface area contributed by atoms with Crippen molar-refractivity contribution in [3.05, 3.63) is 22.8 Å². The molecule has 0 saturated heterocycles. The van der Waals surface area contributed by atoms with E-state index in [0.717, 1.165) is 0 Å². The van der Waals surface area contributed by atoms with Gasteiger partial charge in [0.25, 0.3) is 0 Å². The molecule has 0 radical (unpaired) electrons. The molecular formula is C7H4ClNO2. The number of rotatable bonds is 0. The average molecular weight is 170 g/mol. The SMILES string of the molecule is O=C1COc2ncc(Cl)cc21. The fourth-order valence-corrected chi connectivity index (χ4v) is 1.11. The summed E-state index contributed by atoms with van der Waals surface area (Å²) in [5.41, 5.74) is 0.484. The molecule has 56 valence electrons. The first-order valence-corrected chi connectivity index (χ1v) is 3.47. The largest absolute Gasteiger partial charge is 0.469 e. The summed E-state index contributed by atoms with van der Waals surface area (Å²) in [4.78, 5) is 14.8. The van der Waals surface area contributed by atoms with Crippen molar-refractivity contribution in [1.82, 2.24) is 4.98 Å². The van der Waals surface area contributed by atoms with Crippen LogP contribution in [0.1, 0.15) is 10.4 Å². The number of carbonyl (C=O) groups is 1. The van der Waals surface area contributed by atoms with Crippen molar-refractivity contribution in [2.24, 2.45) is 0 Å². The first-order valence-electron chi connectivity index (χ1n) is 3.09. The summed E-state index contributed by atoms with van der Waals surface area (Å²) in [5, 5.41) is 0.461. The molecule has 2 rings (SSSR count). The maximum Gasteiger partial charge on any atom is 0.225 e. The van der Waals surface area contributed by atoms with Crippen LogP contribution in [0.25, 0.3) is 0 Å². The smallest absolute Gasteiger partial charge is 0.225 e. The van der Waals surface area contributed by atoms with Crippen LogP contribution in [-0.4, -0.2) is 17.4 Å². The van der Waals surface area contributed by atoms with E-state index in [1.807, 2.05) is 0 Å². The van der Waals surface area contributed by atoms with Crippen LogP contribution in [-0.2, 0) is 0 Å². The second-order valence-electron chi connectivity index (χ2n) is 2.22. The van der Waals surface area contributed by atoms with Crippen LogP contribution in [0.3, 0.4) is 0 Å². The van der Waals surface area contributed by atoms with Gasteiger partial charge in [-0.15, -0.1) is 0 Å². The van der Waals surface area contributed by atoms with Gasteiger partial charge in [0.1, 0.15) is 0 Å². The Morgan fingerprint density at radius 3 is 3.27 bits per heavy atom. The molecule has 0 N–H and O–H groups in total. The van der Waals surface area contributed by atoms with Crippen molar-refractivity contribution in [2.75, 3.05) is 6.61 Å². The first-order chi connectivity index (χ1) is 5.27. The molecule has 3 nitrogen and oxygen atoms in total. The van der Waals surface area contributed by atoms with Crippen molar-refractivity contribution in [3.8, 4) is 5.88 Å². The Kier molecular flexibility index (Phi) is 1.32. The molecule has 0 spiro atoms. The monoisotopic (exact) mass is 169 g/mol. The third-order valence-corrected chi connectivity index (χ3v) is 1.66.